The molecule has 3 aromatic rings. The van der Waals surface area contributed by atoms with Crippen LogP contribution in [0.3, 0.4) is 0 Å². The van der Waals surface area contributed by atoms with Crippen molar-refractivity contribution in [2.45, 2.75) is 6.42 Å². The number of rotatable bonds is 2. The summed E-state index contributed by atoms with van der Waals surface area (Å²) in [5.41, 5.74) is 7.31. The molecule has 1 nitrogen and oxygen atoms in total. The number of halogens is 1. The van der Waals surface area contributed by atoms with E-state index in [0.29, 0.717) is 0 Å². The molecule has 0 saturated heterocycles. The van der Waals surface area contributed by atoms with E-state index >= 15 is 0 Å². The lowest BCUT2D eigenvalue weighted by molar-refractivity contribution is 1.26. The molecule has 0 aromatic heterocycles. The van der Waals surface area contributed by atoms with Crippen LogP contribution in [0, 0.1) is 0 Å². The second kappa shape index (κ2) is 5.43. The Morgan fingerprint density at radius 1 is 0.818 bits per heavy atom. The smallest absolute Gasteiger partial charge is 0.0633 e. The van der Waals surface area contributed by atoms with Crippen molar-refractivity contribution in [3.05, 3.63) is 88.4 Å². The molecule has 3 aromatic carbocycles. The highest BCUT2D eigenvalue weighted by Crippen LogP contribution is 2.38. The van der Waals surface area contributed by atoms with E-state index < -0.39 is 0 Å². The molecule has 0 aliphatic heterocycles. The van der Waals surface area contributed by atoms with Gasteiger partial charge in [-0.05, 0) is 46.9 Å². The molecule has 1 aliphatic carbocycles. The lowest BCUT2D eigenvalue weighted by Gasteiger charge is -2.02. The highest BCUT2D eigenvalue weighted by Gasteiger charge is 2.17. The molecule has 22 heavy (non-hydrogen) atoms. The molecule has 106 valence electrons. The van der Waals surface area contributed by atoms with Crippen molar-refractivity contribution in [3.63, 3.8) is 0 Å². The quantitative estimate of drug-likeness (QED) is 0.424. The van der Waals surface area contributed by atoms with Gasteiger partial charge < -0.3 is 0 Å². The summed E-state index contributed by atoms with van der Waals surface area (Å²) in [5.74, 6) is 0. The van der Waals surface area contributed by atoms with Crippen LogP contribution in [0.4, 0.5) is 5.69 Å². The molecule has 0 radical (unpaired) electrons. The lowest BCUT2D eigenvalue weighted by Crippen LogP contribution is -1.83. The van der Waals surface area contributed by atoms with Gasteiger partial charge in [0.05, 0.1) is 5.69 Å². The van der Waals surface area contributed by atoms with Gasteiger partial charge in [-0.1, -0.05) is 60.1 Å². The number of benzene rings is 3. The number of aliphatic imine (C=N–C) groups is 1. The Balaban J connectivity index is 1.67. The maximum absolute atomic E-state index is 6.15. The summed E-state index contributed by atoms with van der Waals surface area (Å²) in [5, 5.41) is 0.722. The molecular weight excluding hydrogens is 290 g/mol. The highest BCUT2D eigenvalue weighted by atomic mass is 35.5. The third kappa shape index (κ3) is 2.34. The molecule has 2 heteroatoms. The van der Waals surface area contributed by atoms with Crippen LogP contribution in [-0.4, -0.2) is 6.21 Å². The second-order valence-electron chi connectivity index (χ2n) is 5.46. The number of hydrogen-bond donors (Lipinski definition) is 0. The summed E-state index contributed by atoms with van der Waals surface area (Å²) in [6, 6.07) is 22.7. The monoisotopic (exact) mass is 303 g/mol. The maximum atomic E-state index is 6.15. The third-order valence-electron chi connectivity index (χ3n) is 4.04. The molecule has 0 heterocycles. The van der Waals surface area contributed by atoms with Gasteiger partial charge >= 0.3 is 0 Å². The molecule has 0 amide bonds. The first-order valence-electron chi connectivity index (χ1n) is 7.31. The van der Waals surface area contributed by atoms with Crippen molar-refractivity contribution in [1.82, 2.24) is 0 Å². The standard InChI is InChI=1S/C20H14ClN/c21-20-8-4-2-6-15(20)13-22-17-9-10-19-16(12-17)11-14-5-1-3-7-18(14)19/h1-10,12-13H,11H2. The SMILES string of the molecule is Clc1ccccc1C=Nc1ccc2c(c1)Cc1ccccc1-2. The molecule has 4 rings (SSSR count). The molecular formula is C20H14ClN. The Hall–Kier alpha value is -2.38. The van der Waals surface area contributed by atoms with E-state index in [1.807, 2.05) is 30.5 Å². The van der Waals surface area contributed by atoms with Gasteiger partial charge in [-0.25, -0.2) is 0 Å². The first-order chi connectivity index (χ1) is 10.8. The predicted octanol–water partition coefficient (Wildman–Crippen LogP) is 5.66. The van der Waals surface area contributed by atoms with Crippen LogP contribution >= 0.6 is 11.6 Å². The Bertz CT molecular complexity index is 880. The van der Waals surface area contributed by atoms with Gasteiger partial charge in [-0.3, -0.25) is 4.99 Å². The minimum absolute atomic E-state index is 0.722. The first-order valence-corrected chi connectivity index (χ1v) is 7.69. The summed E-state index contributed by atoms with van der Waals surface area (Å²) in [6.45, 7) is 0. The predicted molar refractivity (Wildman–Crippen MR) is 93.4 cm³/mol. The van der Waals surface area contributed by atoms with E-state index in [9.17, 15) is 0 Å². The van der Waals surface area contributed by atoms with Crippen LogP contribution in [0.15, 0.2) is 71.7 Å². The van der Waals surface area contributed by atoms with Crippen molar-refractivity contribution in [2.75, 3.05) is 0 Å². The summed E-state index contributed by atoms with van der Waals surface area (Å²) in [7, 11) is 0. The zero-order chi connectivity index (χ0) is 14.9. The summed E-state index contributed by atoms with van der Waals surface area (Å²) < 4.78 is 0. The minimum atomic E-state index is 0.722. The Labute approximate surface area is 134 Å². The molecule has 1 aliphatic rings. The van der Waals surface area contributed by atoms with Crippen molar-refractivity contribution < 1.29 is 0 Å². The van der Waals surface area contributed by atoms with E-state index in [-0.39, 0.29) is 0 Å². The van der Waals surface area contributed by atoms with E-state index in [0.717, 1.165) is 22.7 Å². The van der Waals surface area contributed by atoms with E-state index in [1.54, 1.807) is 0 Å². The molecule has 0 bridgehead atoms. The maximum Gasteiger partial charge on any atom is 0.0633 e. The van der Waals surface area contributed by atoms with Gasteiger partial charge in [0.1, 0.15) is 0 Å². The van der Waals surface area contributed by atoms with Crippen LogP contribution in [0.2, 0.25) is 5.02 Å². The fourth-order valence-corrected chi connectivity index (χ4v) is 3.12. The molecule has 0 saturated carbocycles. The van der Waals surface area contributed by atoms with Gasteiger partial charge in [-0.15, -0.1) is 0 Å². The number of hydrogen-bond acceptors (Lipinski definition) is 1. The van der Waals surface area contributed by atoms with Gasteiger partial charge in [0.2, 0.25) is 0 Å². The van der Waals surface area contributed by atoms with Crippen LogP contribution in [0.5, 0.6) is 0 Å². The van der Waals surface area contributed by atoms with Gasteiger partial charge in [-0.2, -0.15) is 0 Å². The number of fused-ring (bicyclic) bond motifs is 3. The van der Waals surface area contributed by atoms with Crippen LogP contribution in [0.1, 0.15) is 16.7 Å². The third-order valence-corrected chi connectivity index (χ3v) is 4.38. The molecule has 0 fully saturated rings. The molecule has 0 atom stereocenters. The fourth-order valence-electron chi connectivity index (χ4n) is 2.94. The summed E-state index contributed by atoms with van der Waals surface area (Å²) in [4.78, 5) is 4.57. The van der Waals surface area contributed by atoms with Crippen LogP contribution in [-0.2, 0) is 6.42 Å². The zero-order valence-electron chi connectivity index (χ0n) is 12.0. The lowest BCUT2D eigenvalue weighted by atomic mass is 10.1. The van der Waals surface area contributed by atoms with Crippen LogP contribution in [0.25, 0.3) is 11.1 Å². The average molecular weight is 304 g/mol. The van der Waals surface area contributed by atoms with Gasteiger partial charge in [0.15, 0.2) is 0 Å². The van der Waals surface area contributed by atoms with Crippen molar-refractivity contribution in [1.29, 1.82) is 0 Å². The second-order valence-corrected chi connectivity index (χ2v) is 5.86. The topological polar surface area (TPSA) is 12.4 Å². The van der Waals surface area contributed by atoms with E-state index in [1.165, 1.54) is 22.3 Å². The Morgan fingerprint density at radius 3 is 2.50 bits per heavy atom. The van der Waals surface area contributed by atoms with Crippen molar-refractivity contribution in [2.24, 2.45) is 4.99 Å². The van der Waals surface area contributed by atoms with E-state index in [4.69, 9.17) is 11.6 Å². The fraction of sp³-hybridized carbons (Fsp3) is 0.0500. The van der Waals surface area contributed by atoms with Gasteiger partial charge in [0.25, 0.3) is 0 Å². The molecule has 0 spiro atoms. The molecule has 0 unspecified atom stereocenters. The zero-order valence-corrected chi connectivity index (χ0v) is 12.7. The van der Waals surface area contributed by atoms with Gasteiger partial charge in [0, 0.05) is 16.8 Å². The Kier molecular flexibility index (Phi) is 3.28. The number of nitrogens with zero attached hydrogens (tertiary/aromatic N) is 1. The Morgan fingerprint density at radius 2 is 1.59 bits per heavy atom. The van der Waals surface area contributed by atoms with E-state index in [2.05, 4.69) is 47.5 Å². The first kappa shape index (κ1) is 13.3. The van der Waals surface area contributed by atoms with Crippen LogP contribution < -0.4 is 0 Å². The molecule has 0 N–H and O–H groups in total. The average Bonchev–Trinajstić information content (AvgIpc) is 2.92. The largest absolute Gasteiger partial charge is 0.256 e. The highest BCUT2D eigenvalue weighted by molar-refractivity contribution is 6.33. The minimum Gasteiger partial charge on any atom is -0.256 e. The summed E-state index contributed by atoms with van der Waals surface area (Å²) >= 11 is 6.15. The normalized spacial score (nSPS) is 12.4. The van der Waals surface area contributed by atoms with Crippen molar-refractivity contribution in [3.8, 4) is 11.1 Å². The summed E-state index contributed by atoms with van der Waals surface area (Å²) in [6.07, 6.45) is 2.81. The van der Waals surface area contributed by atoms with Crippen molar-refractivity contribution >= 4 is 23.5 Å².